The van der Waals surface area contributed by atoms with Gasteiger partial charge in [-0.25, -0.2) is 4.39 Å². The first kappa shape index (κ1) is 10.9. The highest BCUT2D eigenvalue weighted by Crippen LogP contribution is 2.46. The van der Waals surface area contributed by atoms with Crippen LogP contribution in [0.3, 0.4) is 0 Å². The van der Waals surface area contributed by atoms with Crippen LogP contribution in [0.5, 0.6) is 5.75 Å². The minimum atomic E-state index is -1.13. The van der Waals surface area contributed by atoms with E-state index in [4.69, 9.17) is 0 Å². The summed E-state index contributed by atoms with van der Waals surface area (Å²) in [4.78, 5) is 11.2. The number of rotatable bonds is 2. The Labute approximate surface area is 92.5 Å². The monoisotopic (exact) mass is 224 g/mol. The van der Waals surface area contributed by atoms with Gasteiger partial charge in [0, 0.05) is 5.56 Å². The molecule has 0 aliphatic heterocycles. The van der Waals surface area contributed by atoms with E-state index in [0.29, 0.717) is 18.4 Å². The SMILES string of the molecule is Cc1cc(F)c(C2(C(=O)O)CCC2)cc1O. The van der Waals surface area contributed by atoms with Crippen molar-refractivity contribution in [3.63, 3.8) is 0 Å². The number of aromatic hydroxyl groups is 1. The minimum Gasteiger partial charge on any atom is -0.508 e. The molecule has 1 aliphatic carbocycles. The van der Waals surface area contributed by atoms with E-state index < -0.39 is 17.2 Å². The summed E-state index contributed by atoms with van der Waals surface area (Å²) in [5.41, 5.74) is -0.606. The Morgan fingerprint density at radius 3 is 2.50 bits per heavy atom. The number of carboxylic acid groups (broad SMARTS) is 1. The van der Waals surface area contributed by atoms with E-state index in [9.17, 15) is 19.4 Å². The molecular formula is C12H13FO3. The first-order chi connectivity index (χ1) is 7.47. The van der Waals surface area contributed by atoms with Crippen molar-refractivity contribution in [3.8, 4) is 5.75 Å². The summed E-state index contributed by atoms with van der Waals surface area (Å²) in [5.74, 6) is -1.61. The fourth-order valence-electron chi connectivity index (χ4n) is 2.16. The summed E-state index contributed by atoms with van der Waals surface area (Å²) in [6.07, 6.45) is 1.64. The zero-order valence-corrected chi connectivity index (χ0v) is 8.96. The van der Waals surface area contributed by atoms with Crippen molar-refractivity contribution >= 4 is 5.97 Å². The molecule has 1 fully saturated rings. The third-order valence-corrected chi connectivity index (χ3v) is 3.42. The van der Waals surface area contributed by atoms with E-state index in [-0.39, 0.29) is 11.3 Å². The molecule has 0 bridgehead atoms. The Hall–Kier alpha value is -1.58. The number of aliphatic carboxylic acids is 1. The lowest BCUT2D eigenvalue weighted by Gasteiger charge is -2.38. The summed E-state index contributed by atoms with van der Waals surface area (Å²) in [7, 11) is 0. The fraction of sp³-hybridized carbons (Fsp3) is 0.417. The quantitative estimate of drug-likeness (QED) is 0.810. The minimum absolute atomic E-state index is 0.0519. The van der Waals surface area contributed by atoms with Gasteiger partial charge in [-0.3, -0.25) is 4.79 Å². The largest absolute Gasteiger partial charge is 0.508 e. The Bertz CT molecular complexity index is 450. The van der Waals surface area contributed by atoms with Crippen LogP contribution in [0.4, 0.5) is 4.39 Å². The Balaban J connectivity index is 2.55. The number of hydrogen-bond acceptors (Lipinski definition) is 2. The number of phenolic OH excluding ortho intramolecular Hbond substituents is 1. The standard InChI is InChI=1S/C12H13FO3/c1-7-5-9(13)8(6-10(7)14)12(11(15)16)3-2-4-12/h5-6,14H,2-4H2,1H3,(H,15,16). The lowest BCUT2D eigenvalue weighted by Crippen LogP contribution is -2.43. The normalized spacial score (nSPS) is 17.9. The lowest BCUT2D eigenvalue weighted by atomic mass is 9.64. The van der Waals surface area contributed by atoms with Crippen molar-refractivity contribution in [3.05, 3.63) is 29.1 Å². The van der Waals surface area contributed by atoms with Gasteiger partial charge in [0.1, 0.15) is 11.6 Å². The fourth-order valence-corrected chi connectivity index (χ4v) is 2.16. The molecule has 86 valence electrons. The summed E-state index contributed by atoms with van der Waals surface area (Å²) < 4.78 is 13.7. The molecular weight excluding hydrogens is 211 g/mol. The lowest BCUT2D eigenvalue weighted by molar-refractivity contribution is -0.147. The predicted octanol–water partition coefficient (Wildman–Crippen LogP) is 2.35. The van der Waals surface area contributed by atoms with Crippen LogP contribution < -0.4 is 0 Å². The van der Waals surface area contributed by atoms with Crippen molar-refractivity contribution in [2.75, 3.05) is 0 Å². The van der Waals surface area contributed by atoms with Crippen molar-refractivity contribution in [2.45, 2.75) is 31.6 Å². The second kappa shape index (κ2) is 3.47. The van der Waals surface area contributed by atoms with Crippen LogP contribution in [0.1, 0.15) is 30.4 Å². The van der Waals surface area contributed by atoms with Crippen LogP contribution in [0.2, 0.25) is 0 Å². The van der Waals surface area contributed by atoms with Gasteiger partial charge in [0.05, 0.1) is 5.41 Å². The third kappa shape index (κ3) is 1.37. The summed E-state index contributed by atoms with van der Waals surface area (Å²) >= 11 is 0. The third-order valence-electron chi connectivity index (χ3n) is 3.42. The van der Waals surface area contributed by atoms with Crippen LogP contribution in [-0.2, 0) is 10.2 Å². The molecule has 2 N–H and O–H groups in total. The van der Waals surface area contributed by atoms with Gasteiger partial charge in [0.25, 0.3) is 0 Å². The van der Waals surface area contributed by atoms with Gasteiger partial charge >= 0.3 is 5.97 Å². The smallest absolute Gasteiger partial charge is 0.314 e. The maximum atomic E-state index is 13.7. The number of hydrogen-bond donors (Lipinski definition) is 2. The number of aryl methyl sites for hydroxylation is 1. The molecule has 1 aromatic carbocycles. The Morgan fingerprint density at radius 1 is 1.44 bits per heavy atom. The van der Waals surface area contributed by atoms with Gasteiger partial charge < -0.3 is 10.2 Å². The highest BCUT2D eigenvalue weighted by Gasteiger charge is 2.47. The van der Waals surface area contributed by atoms with Crippen molar-refractivity contribution in [1.29, 1.82) is 0 Å². The van der Waals surface area contributed by atoms with Crippen molar-refractivity contribution in [1.82, 2.24) is 0 Å². The second-order valence-electron chi connectivity index (χ2n) is 4.36. The van der Waals surface area contributed by atoms with E-state index in [2.05, 4.69) is 0 Å². The summed E-state index contributed by atoms with van der Waals surface area (Å²) in [5, 5.41) is 18.7. The summed E-state index contributed by atoms with van der Waals surface area (Å²) in [6.45, 7) is 1.58. The van der Waals surface area contributed by atoms with E-state index in [1.54, 1.807) is 6.92 Å². The number of benzene rings is 1. The first-order valence-electron chi connectivity index (χ1n) is 5.20. The van der Waals surface area contributed by atoms with Gasteiger partial charge in [-0.1, -0.05) is 6.42 Å². The van der Waals surface area contributed by atoms with Crippen LogP contribution in [0.15, 0.2) is 12.1 Å². The molecule has 1 aliphatic rings. The second-order valence-corrected chi connectivity index (χ2v) is 4.36. The molecule has 0 heterocycles. The Morgan fingerprint density at radius 2 is 2.06 bits per heavy atom. The van der Waals surface area contributed by atoms with Crippen LogP contribution >= 0.6 is 0 Å². The molecule has 2 rings (SSSR count). The van der Waals surface area contributed by atoms with Gasteiger partial charge in [-0.05, 0) is 37.5 Å². The van der Waals surface area contributed by atoms with E-state index >= 15 is 0 Å². The molecule has 1 saturated carbocycles. The molecule has 0 saturated heterocycles. The number of phenols is 1. The zero-order valence-electron chi connectivity index (χ0n) is 8.96. The molecule has 0 atom stereocenters. The molecule has 0 radical (unpaired) electrons. The molecule has 0 amide bonds. The zero-order chi connectivity index (χ0) is 11.9. The molecule has 0 unspecified atom stereocenters. The average Bonchev–Trinajstić information content (AvgIpc) is 2.11. The maximum absolute atomic E-state index is 13.7. The topological polar surface area (TPSA) is 57.5 Å². The maximum Gasteiger partial charge on any atom is 0.314 e. The average molecular weight is 224 g/mol. The molecule has 4 heteroatoms. The molecule has 1 aromatic rings. The van der Waals surface area contributed by atoms with Crippen LogP contribution in [0, 0.1) is 12.7 Å². The highest BCUT2D eigenvalue weighted by atomic mass is 19.1. The van der Waals surface area contributed by atoms with Gasteiger partial charge in [0.2, 0.25) is 0 Å². The Kier molecular flexibility index (Phi) is 2.37. The highest BCUT2D eigenvalue weighted by molar-refractivity contribution is 5.83. The van der Waals surface area contributed by atoms with E-state index in [0.717, 1.165) is 6.42 Å². The number of carboxylic acids is 1. The molecule has 16 heavy (non-hydrogen) atoms. The number of halogens is 1. The summed E-state index contributed by atoms with van der Waals surface area (Å²) in [6, 6.07) is 2.44. The van der Waals surface area contributed by atoms with E-state index in [1.807, 2.05) is 0 Å². The van der Waals surface area contributed by atoms with Crippen molar-refractivity contribution < 1.29 is 19.4 Å². The molecule has 3 nitrogen and oxygen atoms in total. The van der Waals surface area contributed by atoms with Crippen LogP contribution in [0.25, 0.3) is 0 Å². The predicted molar refractivity (Wildman–Crippen MR) is 56.0 cm³/mol. The van der Waals surface area contributed by atoms with E-state index in [1.165, 1.54) is 12.1 Å². The first-order valence-corrected chi connectivity index (χ1v) is 5.20. The van der Waals surface area contributed by atoms with Crippen molar-refractivity contribution in [2.24, 2.45) is 0 Å². The molecule has 0 spiro atoms. The molecule has 0 aromatic heterocycles. The van der Waals surface area contributed by atoms with Gasteiger partial charge in [-0.2, -0.15) is 0 Å². The number of carbonyl (C=O) groups is 1. The van der Waals surface area contributed by atoms with Gasteiger partial charge in [-0.15, -0.1) is 0 Å². The van der Waals surface area contributed by atoms with Gasteiger partial charge in [0.15, 0.2) is 0 Å². The van der Waals surface area contributed by atoms with Crippen LogP contribution in [-0.4, -0.2) is 16.2 Å².